The number of nitrogens with zero attached hydrogens (tertiary/aromatic N) is 5. The van der Waals surface area contributed by atoms with Crippen molar-refractivity contribution < 1.29 is 14.5 Å². The van der Waals surface area contributed by atoms with E-state index in [1.54, 1.807) is 6.20 Å². The maximum atomic E-state index is 13.1. The second kappa shape index (κ2) is 11.5. The van der Waals surface area contributed by atoms with Crippen LogP contribution in [-0.4, -0.2) is 83.2 Å². The highest BCUT2D eigenvalue weighted by Crippen LogP contribution is 2.35. The van der Waals surface area contributed by atoms with Crippen molar-refractivity contribution in [3.05, 3.63) is 23.4 Å². The number of amides is 1. The third-order valence-corrected chi connectivity index (χ3v) is 8.31. The average Bonchev–Trinajstić information content (AvgIpc) is 3.33. The van der Waals surface area contributed by atoms with Crippen molar-refractivity contribution in [2.45, 2.75) is 57.0 Å². The van der Waals surface area contributed by atoms with Gasteiger partial charge in [-0.2, -0.15) is 0 Å². The topological polar surface area (TPSA) is 82.5 Å². The summed E-state index contributed by atoms with van der Waals surface area (Å²) >= 11 is 11.7. The van der Waals surface area contributed by atoms with Crippen LogP contribution in [0.15, 0.2) is 23.5 Å². The van der Waals surface area contributed by atoms with Crippen LogP contribution in [0, 0.1) is 5.92 Å². The number of aromatic nitrogens is 1. The van der Waals surface area contributed by atoms with Crippen LogP contribution in [0.5, 0.6) is 0 Å². The van der Waals surface area contributed by atoms with Crippen molar-refractivity contribution >= 4 is 46.4 Å². The van der Waals surface area contributed by atoms with Gasteiger partial charge in [-0.3, -0.25) is 4.79 Å². The van der Waals surface area contributed by atoms with Gasteiger partial charge in [0, 0.05) is 71.3 Å². The number of rotatable bonds is 5. The summed E-state index contributed by atoms with van der Waals surface area (Å²) in [5.41, 5.74) is 0.0871. The Balaban J connectivity index is 1.04. The molecule has 9 nitrogen and oxygen atoms in total. The fraction of sp³-hybridized carbons (Fsp3) is 0.680. The molecule has 36 heavy (non-hydrogen) atoms. The van der Waals surface area contributed by atoms with Gasteiger partial charge in [-0.15, -0.1) is 5.06 Å². The third kappa shape index (κ3) is 6.03. The predicted octanol–water partition coefficient (Wildman–Crippen LogP) is 3.38. The van der Waals surface area contributed by atoms with Gasteiger partial charge in [0.15, 0.2) is 0 Å². The van der Waals surface area contributed by atoms with Gasteiger partial charge in [0.1, 0.15) is 17.1 Å². The number of carbonyl (C=O) groups excluding carboxylic acids is 1. The molecule has 4 heterocycles. The molecule has 1 N–H and O–H groups in total. The lowest BCUT2D eigenvalue weighted by molar-refractivity contribution is -0.145. The number of nitrogens with one attached hydrogen (secondary N) is 1. The Kier molecular flexibility index (Phi) is 8.12. The van der Waals surface area contributed by atoms with Gasteiger partial charge in [-0.05, 0) is 43.1 Å². The molecule has 0 atom stereocenters. The van der Waals surface area contributed by atoms with Crippen LogP contribution in [0.25, 0.3) is 0 Å². The first-order chi connectivity index (χ1) is 17.5. The van der Waals surface area contributed by atoms with Crippen molar-refractivity contribution in [3.63, 3.8) is 0 Å². The molecule has 1 saturated carbocycles. The molecule has 4 aliphatic rings. The van der Waals surface area contributed by atoms with E-state index in [0.717, 1.165) is 25.2 Å². The highest BCUT2D eigenvalue weighted by Gasteiger charge is 2.45. The van der Waals surface area contributed by atoms with Crippen LogP contribution < -0.4 is 10.2 Å². The SMILES string of the molecule is O=C(C1=NOC2(CCN(OC(=S)NCC3CCCCC3)CC2)C1)N1CCN(c2ncccc2Cl)CC1. The maximum Gasteiger partial charge on any atom is 0.278 e. The molecule has 5 rings (SSSR count). The fourth-order valence-corrected chi connectivity index (χ4v) is 6.00. The molecule has 0 radical (unpaired) electrons. The molecule has 196 valence electrons. The maximum absolute atomic E-state index is 13.1. The van der Waals surface area contributed by atoms with E-state index in [0.29, 0.717) is 67.5 Å². The van der Waals surface area contributed by atoms with Gasteiger partial charge in [-0.1, -0.05) is 36.0 Å². The normalized spacial score (nSPS) is 22.8. The van der Waals surface area contributed by atoms with E-state index in [9.17, 15) is 4.79 Å². The summed E-state index contributed by atoms with van der Waals surface area (Å²) in [7, 11) is 0. The number of thiocarbonyl (C=S) groups is 1. The first-order valence-electron chi connectivity index (χ1n) is 13.1. The summed E-state index contributed by atoms with van der Waals surface area (Å²) in [5.74, 6) is 1.43. The number of oxime groups is 1. The summed E-state index contributed by atoms with van der Waals surface area (Å²) in [5, 5.41) is 10.5. The minimum atomic E-state index is -0.425. The number of pyridine rings is 1. The second-order valence-corrected chi connectivity index (χ2v) is 11.0. The third-order valence-electron chi connectivity index (χ3n) is 7.80. The van der Waals surface area contributed by atoms with Crippen molar-refractivity contribution in [3.8, 4) is 0 Å². The Morgan fingerprint density at radius 1 is 1.17 bits per heavy atom. The lowest BCUT2D eigenvalue weighted by atomic mass is 9.87. The summed E-state index contributed by atoms with van der Waals surface area (Å²) < 4.78 is 0. The number of hydrogen-bond donors (Lipinski definition) is 1. The highest BCUT2D eigenvalue weighted by molar-refractivity contribution is 7.80. The van der Waals surface area contributed by atoms with Crippen LogP contribution in [-0.2, 0) is 14.5 Å². The van der Waals surface area contributed by atoms with Gasteiger partial charge in [0.2, 0.25) is 0 Å². The quantitative estimate of drug-likeness (QED) is 0.576. The number of halogens is 1. The molecule has 3 fully saturated rings. The van der Waals surface area contributed by atoms with E-state index in [1.807, 2.05) is 22.1 Å². The van der Waals surface area contributed by atoms with Crippen molar-refractivity contribution in [1.29, 1.82) is 0 Å². The van der Waals surface area contributed by atoms with Gasteiger partial charge >= 0.3 is 0 Å². The van der Waals surface area contributed by atoms with Gasteiger partial charge in [-0.25, -0.2) is 4.98 Å². The van der Waals surface area contributed by atoms with Crippen molar-refractivity contribution in [1.82, 2.24) is 20.3 Å². The van der Waals surface area contributed by atoms with E-state index in [2.05, 4.69) is 20.4 Å². The zero-order chi connectivity index (χ0) is 25.0. The number of piperidine rings is 1. The van der Waals surface area contributed by atoms with E-state index in [4.69, 9.17) is 33.5 Å². The zero-order valence-corrected chi connectivity index (χ0v) is 22.2. The number of carbonyl (C=O) groups is 1. The predicted molar refractivity (Wildman–Crippen MR) is 143 cm³/mol. The van der Waals surface area contributed by atoms with Gasteiger partial charge in [0.05, 0.1) is 5.02 Å². The molecule has 0 bridgehead atoms. The van der Waals surface area contributed by atoms with Crippen LogP contribution in [0.1, 0.15) is 51.4 Å². The summed E-state index contributed by atoms with van der Waals surface area (Å²) in [6.07, 6.45) is 10.3. The minimum absolute atomic E-state index is 0.0367. The molecule has 1 amide bonds. The Morgan fingerprint density at radius 3 is 2.64 bits per heavy atom. The monoisotopic (exact) mass is 534 g/mol. The largest absolute Gasteiger partial charge is 0.388 e. The molecular formula is C25H35ClN6O3S. The number of anilines is 1. The molecule has 2 saturated heterocycles. The number of piperazine rings is 1. The Morgan fingerprint density at radius 2 is 1.92 bits per heavy atom. The molecule has 1 aromatic heterocycles. The number of hydrogen-bond acceptors (Lipinski definition) is 8. The molecule has 3 aliphatic heterocycles. The molecular weight excluding hydrogens is 500 g/mol. The summed E-state index contributed by atoms with van der Waals surface area (Å²) in [6.45, 7) is 4.83. The first-order valence-corrected chi connectivity index (χ1v) is 13.9. The molecule has 0 aromatic carbocycles. The summed E-state index contributed by atoms with van der Waals surface area (Å²) in [4.78, 5) is 33.2. The van der Waals surface area contributed by atoms with Crippen LogP contribution in [0.2, 0.25) is 5.02 Å². The van der Waals surface area contributed by atoms with Crippen molar-refractivity contribution in [2.75, 3.05) is 50.7 Å². The number of hydroxylamine groups is 2. The average molecular weight is 535 g/mol. The summed E-state index contributed by atoms with van der Waals surface area (Å²) in [6, 6.07) is 3.66. The Labute approximate surface area is 223 Å². The van der Waals surface area contributed by atoms with E-state index in [-0.39, 0.29) is 5.91 Å². The molecule has 1 aromatic rings. The van der Waals surface area contributed by atoms with Gasteiger partial charge < -0.3 is 24.8 Å². The van der Waals surface area contributed by atoms with E-state index >= 15 is 0 Å². The van der Waals surface area contributed by atoms with Crippen molar-refractivity contribution in [2.24, 2.45) is 11.1 Å². The second-order valence-electron chi connectivity index (χ2n) is 10.3. The molecule has 1 spiro atoms. The Bertz CT molecular complexity index is 972. The smallest absolute Gasteiger partial charge is 0.278 e. The van der Waals surface area contributed by atoms with E-state index < -0.39 is 5.60 Å². The highest BCUT2D eigenvalue weighted by atomic mass is 35.5. The lowest BCUT2D eigenvalue weighted by Gasteiger charge is -2.37. The molecule has 11 heteroatoms. The van der Waals surface area contributed by atoms with Crippen LogP contribution in [0.4, 0.5) is 5.82 Å². The minimum Gasteiger partial charge on any atom is -0.388 e. The Hall–Kier alpha value is -2.17. The molecule has 1 aliphatic carbocycles. The standard InChI is InChI=1S/C25H35ClN6O3S/c26-20-7-4-10-27-22(20)30-13-15-31(16-14-30)23(33)21-17-25(35-29-21)8-11-32(12-9-25)34-24(36)28-18-19-5-2-1-3-6-19/h4,7,10,19H,1-3,5-6,8-9,11-18H2,(H,28,36). The lowest BCUT2D eigenvalue weighted by Crippen LogP contribution is -2.51. The first kappa shape index (κ1) is 25.5. The zero-order valence-electron chi connectivity index (χ0n) is 20.7. The fourth-order valence-electron chi connectivity index (χ4n) is 5.57. The van der Waals surface area contributed by atoms with Crippen LogP contribution >= 0.6 is 23.8 Å². The van der Waals surface area contributed by atoms with Gasteiger partial charge in [0.25, 0.3) is 11.1 Å². The molecule has 0 unspecified atom stereocenters. The van der Waals surface area contributed by atoms with E-state index in [1.165, 1.54) is 32.1 Å². The van der Waals surface area contributed by atoms with Crippen LogP contribution in [0.3, 0.4) is 0 Å².